The van der Waals surface area contributed by atoms with Gasteiger partial charge in [-0.2, -0.15) is 0 Å². The van der Waals surface area contributed by atoms with Crippen LogP contribution in [-0.2, 0) is 19.1 Å². The number of aromatic nitrogens is 1. The first-order chi connectivity index (χ1) is 13.1. The number of H-pyrrole nitrogens is 1. The van der Waals surface area contributed by atoms with E-state index in [-0.39, 0.29) is 29.4 Å². The van der Waals surface area contributed by atoms with E-state index < -0.39 is 19.1 Å². The number of para-hydroxylation sites is 1. The fourth-order valence-electron chi connectivity index (χ4n) is 4.09. The molecule has 0 spiro atoms. The molecule has 1 aromatic heterocycles. The Morgan fingerprint density at radius 2 is 1.74 bits per heavy atom. The summed E-state index contributed by atoms with van der Waals surface area (Å²) < 4.78 is 5.04. The SMILES string of the molecule is O=C(CN1C(=O)[C@H]2CCCC[C@H]2C1=O)OCC(=O)c1c[nH]c2ccccc12. The van der Waals surface area contributed by atoms with Crippen molar-refractivity contribution in [3.05, 3.63) is 36.0 Å². The number of fused-ring (bicyclic) bond motifs is 2. The molecule has 2 aromatic rings. The third-order valence-corrected chi connectivity index (χ3v) is 5.47. The number of imide groups is 1. The molecule has 27 heavy (non-hydrogen) atoms. The summed E-state index contributed by atoms with van der Waals surface area (Å²) >= 11 is 0. The number of carbonyl (C=O) groups excluding carboxylic acids is 4. The van der Waals surface area contributed by atoms with Crippen LogP contribution in [0.1, 0.15) is 36.0 Å². The minimum absolute atomic E-state index is 0.287. The van der Waals surface area contributed by atoms with Crippen molar-refractivity contribution in [2.24, 2.45) is 11.8 Å². The molecule has 1 saturated heterocycles. The average molecular weight is 368 g/mol. The monoisotopic (exact) mass is 368 g/mol. The number of nitrogens with zero attached hydrogens (tertiary/aromatic N) is 1. The highest BCUT2D eigenvalue weighted by Crippen LogP contribution is 2.37. The summed E-state index contributed by atoms with van der Waals surface area (Å²) in [6.45, 7) is -0.852. The lowest BCUT2D eigenvalue weighted by Gasteiger charge is -2.19. The number of ether oxygens (including phenoxy) is 1. The minimum atomic E-state index is -0.747. The second kappa shape index (κ2) is 6.98. The van der Waals surface area contributed by atoms with Crippen LogP contribution in [-0.4, -0.2) is 46.6 Å². The Morgan fingerprint density at radius 1 is 1.07 bits per heavy atom. The van der Waals surface area contributed by atoms with Crippen molar-refractivity contribution in [2.45, 2.75) is 25.7 Å². The van der Waals surface area contributed by atoms with Gasteiger partial charge in [-0.3, -0.25) is 24.1 Å². The molecule has 2 aliphatic rings. The van der Waals surface area contributed by atoms with Gasteiger partial charge in [-0.15, -0.1) is 0 Å². The van der Waals surface area contributed by atoms with E-state index in [0.717, 1.165) is 28.6 Å². The molecule has 2 amide bonds. The summed E-state index contributed by atoms with van der Waals surface area (Å²) in [5.74, 6) is -2.26. The summed E-state index contributed by atoms with van der Waals surface area (Å²) in [7, 11) is 0. The molecule has 1 N–H and O–H groups in total. The quantitative estimate of drug-likeness (QED) is 0.495. The Labute approximate surface area is 155 Å². The number of rotatable bonds is 5. The van der Waals surface area contributed by atoms with Gasteiger partial charge in [0.25, 0.3) is 0 Å². The zero-order valence-electron chi connectivity index (χ0n) is 14.8. The number of amides is 2. The minimum Gasteiger partial charge on any atom is -0.456 e. The van der Waals surface area contributed by atoms with Crippen LogP contribution in [0.25, 0.3) is 10.9 Å². The fourth-order valence-corrected chi connectivity index (χ4v) is 4.09. The lowest BCUT2D eigenvalue weighted by Crippen LogP contribution is -2.37. The lowest BCUT2D eigenvalue weighted by atomic mass is 9.81. The highest BCUT2D eigenvalue weighted by atomic mass is 16.5. The Kier molecular flexibility index (Phi) is 4.51. The predicted octanol–water partition coefficient (Wildman–Crippen LogP) is 2.07. The van der Waals surface area contributed by atoms with Crippen LogP contribution in [0.3, 0.4) is 0 Å². The van der Waals surface area contributed by atoms with Crippen LogP contribution in [0.5, 0.6) is 0 Å². The van der Waals surface area contributed by atoms with Crippen LogP contribution >= 0.6 is 0 Å². The molecular weight excluding hydrogens is 348 g/mol. The van der Waals surface area contributed by atoms with Crippen molar-refractivity contribution < 1.29 is 23.9 Å². The molecular formula is C20H20N2O5. The van der Waals surface area contributed by atoms with E-state index in [1.54, 1.807) is 6.20 Å². The molecule has 1 aliphatic heterocycles. The molecule has 2 fully saturated rings. The van der Waals surface area contributed by atoms with Crippen LogP contribution in [0.4, 0.5) is 0 Å². The number of aromatic amines is 1. The largest absolute Gasteiger partial charge is 0.456 e. The van der Waals surface area contributed by atoms with E-state index in [4.69, 9.17) is 4.74 Å². The predicted molar refractivity (Wildman–Crippen MR) is 95.8 cm³/mol. The van der Waals surface area contributed by atoms with Crippen LogP contribution < -0.4 is 0 Å². The smallest absolute Gasteiger partial charge is 0.326 e. The Morgan fingerprint density at radius 3 is 2.44 bits per heavy atom. The Balaban J connectivity index is 1.36. The van der Waals surface area contributed by atoms with Crippen molar-refractivity contribution in [1.29, 1.82) is 0 Å². The van der Waals surface area contributed by atoms with Gasteiger partial charge in [0.1, 0.15) is 6.54 Å². The van der Waals surface area contributed by atoms with Gasteiger partial charge in [-0.1, -0.05) is 31.0 Å². The van der Waals surface area contributed by atoms with Gasteiger partial charge in [-0.25, -0.2) is 0 Å². The number of nitrogens with one attached hydrogen (secondary N) is 1. The van der Waals surface area contributed by atoms with Gasteiger partial charge < -0.3 is 9.72 Å². The number of esters is 1. The molecule has 1 saturated carbocycles. The number of Topliss-reactive ketones (excluding diaryl/α,β-unsaturated/α-hetero) is 1. The van der Waals surface area contributed by atoms with E-state index in [0.29, 0.717) is 18.4 Å². The summed E-state index contributed by atoms with van der Waals surface area (Å²) in [5.41, 5.74) is 1.26. The first kappa shape index (κ1) is 17.5. The molecule has 1 aromatic carbocycles. The maximum absolute atomic E-state index is 12.4. The molecule has 1 aliphatic carbocycles. The lowest BCUT2D eigenvalue weighted by molar-refractivity contribution is -0.152. The number of ketones is 1. The van der Waals surface area contributed by atoms with Crippen molar-refractivity contribution in [3.63, 3.8) is 0 Å². The number of benzene rings is 1. The summed E-state index contributed by atoms with van der Waals surface area (Å²) in [6, 6.07) is 7.34. The standard InChI is InChI=1S/C20H20N2O5/c23-17(15-9-21-16-8-4-3-5-12(15)16)11-27-18(24)10-22-19(25)13-6-1-2-7-14(13)20(22)26/h3-5,8-9,13-14,21H,1-2,6-7,10-11H2/t13-,14+. The van der Waals surface area contributed by atoms with E-state index in [2.05, 4.69) is 4.98 Å². The van der Waals surface area contributed by atoms with Crippen LogP contribution in [0.2, 0.25) is 0 Å². The van der Waals surface area contributed by atoms with Gasteiger partial charge in [-0.05, 0) is 18.9 Å². The number of carbonyl (C=O) groups is 4. The third-order valence-electron chi connectivity index (χ3n) is 5.47. The first-order valence-corrected chi connectivity index (χ1v) is 9.16. The molecule has 4 rings (SSSR count). The molecule has 0 bridgehead atoms. The summed E-state index contributed by atoms with van der Waals surface area (Å²) in [6.07, 6.45) is 4.83. The van der Waals surface area contributed by atoms with E-state index in [1.807, 2.05) is 24.3 Å². The van der Waals surface area contributed by atoms with Gasteiger partial charge in [0.15, 0.2) is 6.61 Å². The van der Waals surface area contributed by atoms with E-state index >= 15 is 0 Å². The zero-order valence-corrected chi connectivity index (χ0v) is 14.8. The molecule has 140 valence electrons. The third kappa shape index (κ3) is 3.13. The molecule has 2 heterocycles. The summed E-state index contributed by atoms with van der Waals surface area (Å²) in [4.78, 5) is 53.2. The van der Waals surface area contributed by atoms with Crippen molar-refractivity contribution in [3.8, 4) is 0 Å². The Bertz CT molecular complexity index is 907. The molecule has 7 nitrogen and oxygen atoms in total. The number of hydrogen-bond donors (Lipinski definition) is 1. The van der Waals surface area contributed by atoms with E-state index in [1.165, 1.54) is 0 Å². The van der Waals surface area contributed by atoms with Crippen molar-refractivity contribution in [1.82, 2.24) is 9.88 Å². The summed E-state index contributed by atoms with van der Waals surface area (Å²) in [5, 5.41) is 0.757. The highest BCUT2D eigenvalue weighted by Gasteiger charge is 2.48. The second-order valence-corrected chi connectivity index (χ2v) is 7.09. The van der Waals surface area contributed by atoms with Crippen molar-refractivity contribution >= 4 is 34.5 Å². The molecule has 2 atom stereocenters. The molecule has 0 unspecified atom stereocenters. The fraction of sp³-hybridized carbons (Fsp3) is 0.400. The highest BCUT2D eigenvalue weighted by molar-refractivity contribution is 6.09. The van der Waals surface area contributed by atoms with Gasteiger partial charge in [0.2, 0.25) is 17.6 Å². The Hall–Kier alpha value is -2.96. The van der Waals surface area contributed by atoms with Gasteiger partial charge >= 0.3 is 5.97 Å². The average Bonchev–Trinajstić information content (AvgIpc) is 3.22. The number of hydrogen-bond acceptors (Lipinski definition) is 5. The normalized spacial score (nSPS) is 22.1. The van der Waals surface area contributed by atoms with Gasteiger partial charge in [0, 0.05) is 22.7 Å². The van der Waals surface area contributed by atoms with Gasteiger partial charge in [0.05, 0.1) is 11.8 Å². The second-order valence-electron chi connectivity index (χ2n) is 7.09. The first-order valence-electron chi connectivity index (χ1n) is 9.16. The van der Waals surface area contributed by atoms with Crippen LogP contribution in [0, 0.1) is 11.8 Å². The topological polar surface area (TPSA) is 96.5 Å². The van der Waals surface area contributed by atoms with Crippen molar-refractivity contribution in [2.75, 3.05) is 13.2 Å². The number of likely N-dealkylation sites (tertiary alicyclic amines) is 1. The van der Waals surface area contributed by atoms with Crippen LogP contribution in [0.15, 0.2) is 30.5 Å². The maximum atomic E-state index is 12.4. The maximum Gasteiger partial charge on any atom is 0.326 e. The zero-order chi connectivity index (χ0) is 19.0. The van der Waals surface area contributed by atoms with E-state index in [9.17, 15) is 19.2 Å². The molecule has 0 radical (unpaired) electrons. The molecule has 7 heteroatoms.